The quantitative estimate of drug-likeness (QED) is 0.811. The first-order chi connectivity index (χ1) is 7.44. The van der Waals surface area contributed by atoms with Gasteiger partial charge in [0.2, 0.25) is 0 Å². The van der Waals surface area contributed by atoms with Gasteiger partial charge in [0.05, 0.1) is 10.3 Å². The van der Waals surface area contributed by atoms with Crippen LogP contribution in [0.1, 0.15) is 17.7 Å². The van der Waals surface area contributed by atoms with Gasteiger partial charge in [-0.1, -0.05) is 0 Å². The Bertz CT molecular complexity index is 359. The first-order valence-electron chi connectivity index (χ1n) is 4.99. The smallest absolute Gasteiger partial charge is 0.287 e. The van der Waals surface area contributed by atoms with Crippen LogP contribution in [0.2, 0.25) is 0 Å². The molecule has 0 atom stereocenters. The molecule has 1 nitrogen and oxygen atoms in total. The molecule has 1 aliphatic carbocycles. The molecule has 2 rings (SSSR count). The van der Waals surface area contributed by atoms with Crippen LogP contribution in [0.25, 0.3) is 0 Å². The Hall–Kier alpha value is -0.0700. The van der Waals surface area contributed by atoms with Gasteiger partial charge in [-0.05, 0) is 40.9 Å². The van der Waals surface area contributed by atoms with E-state index < -0.39 is 12.7 Å². The molecule has 0 unspecified atom stereocenters. The number of hydrogen-bond donors (Lipinski definition) is 0. The summed E-state index contributed by atoms with van der Waals surface area (Å²) >= 11 is 4.81. The molecular formula is C10H11BrF3NS. The molecule has 1 aromatic heterocycles. The maximum absolute atomic E-state index is 12.4. The van der Waals surface area contributed by atoms with Gasteiger partial charge in [-0.25, -0.2) is 0 Å². The molecular weight excluding hydrogens is 303 g/mol. The van der Waals surface area contributed by atoms with Gasteiger partial charge in [-0.2, -0.15) is 13.2 Å². The fourth-order valence-electron chi connectivity index (χ4n) is 1.62. The molecule has 6 heteroatoms. The molecule has 0 bridgehead atoms. The summed E-state index contributed by atoms with van der Waals surface area (Å²) in [6, 6.07) is 3.88. The number of halogens is 4. The molecule has 0 saturated heterocycles. The van der Waals surface area contributed by atoms with Crippen LogP contribution in [-0.4, -0.2) is 23.7 Å². The third-order valence-corrected chi connectivity index (χ3v) is 4.04. The lowest BCUT2D eigenvalue weighted by atomic mass is 10.4. The molecule has 0 aliphatic heterocycles. The third-order valence-electron chi connectivity index (χ3n) is 2.43. The van der Waals surface area contributed by atoms with E-state index >= 15 is 0 Å². The van der Waals surface area contributed by atoms with Crippen molar-refractivity contribution in [2.45, 2.75) is 31.6 Å². The molecule has 1 aromatic rings. The number of rotatable bonds is 4. The molecule has 0 N–H and O–H groups in total. The summed E-state index contributed by atoms with van der Waals surface area (Å²) in [6.45, 7) is -0.395. The van der Waals surface area contributed by atoms with Gasteiger partial charge in [0.15, 0.2) is 0 Å². The minimum atomic E-state index is -4.10. The van der Waals surface area contributed by atoms with Gasteiger partial charge in [0, 0.05) is 17.5 Å². The summed E-state index contributed by atoms with van der Waals surface area (Å²) < 4.78 is 38.0. The van der Waals surface area contributed by atoms with Crippen LogP contribution in [0.4, 0.5) is 13.2 Å². The fraction of sp³-hybridized carbons (Fsp3) is 0.600. The van der Waals surface area contributed by atoms with E-state index in [9.17, 15) is 13.2 Å². The predicted octanol–water partition coefficient (Wildman–Crippen LogP) is 4.04. The van der Waals surface area contributed by atoms with Crippen molar-refractivity contribution in [3.63, 3.8) is 0 Å². The van der Waals surface area contributed by atoms with Crippen molar-refractivity contribution in [2.75, 3.05) is 6.54 Å². The van der Waals surface area contributed by atoms with E-state index in [1.54, 1.807) is 0 Å². The van der Waals surface area contributed by atoms with E-state index in [-0.39, 0.29) is 6.04 Å². The molecule has 90 valence electrons. The van der Waals surface area contributed by atoms with Crippen molar-refractivity contribution in [1.29, 1.82) is 0 Å². The predicted molar refractivity (Wildman–Crippen MR) is 61.5 cm³/mol. The molecule has 1 aliphatic rings. The highest BCUT2D eigenvalue weighted by molar-refractivity contribution is 9.11. The Labute approximate surface area is 104 Å². The highest BCUT2D eigenvalue weighted by Gasteiger charge is 2.37. The topological polar surface area (TPSA) is 3.24 Å². The average Bonchev–Trinajstić information content (AvgIpc) is 2.89. The molecule has 0 aromatic carbocycles. The maximum Gasteiger partial charge on any atom is 0.401 e. The van der Waals surface area contributed by atoms with Crippen molar-refractivity contribution in [3.05, 3.63) is 20.8 Å². The van der Waals surface area contributed by atoms with Gasteiger partial charge >= 0.3 is 6.18 Å². The largest absolute Gasteiger partial charge is 0.401 e. The van der Waals surface area contributed by atoms with E-state index in [0.29, 0.717) is 6.54 Å². The number of thiophene rings is 1. The molecule has 1 saturated carbocycles. The first-order valence-corrected chi connectivity index (χ1v) is 6.60. The van der Waals surface area contributed by atoms with Crippen molar-refractivity contribution >= 4 is 27.3 Å². The van der Waals surface area contributed by atoms with Crippen LogP contribution in [0.15, 0.2) is 15.9 Å². The number of nitrogens with zero attached hydrogens (tertiary/aromatic N) is 1. The second kappa shape index (κ2) is 4.66. The van der Waals surface area contributed by atoms with Gasteiger partial charge in [0.25, 0.3) is 0 Å². The van der Waals surface area contributed by atoms with E-state index in [1.807, 2.05) is 12.1 Å². The zero-order valence-electron chi connectivity index (χ0n) is 8.43. The molecule has 1 heterocycles. The monoisotopic (exact) mass is 313 g/mol. The molecule has 1 fully saturated rings. The summed E-state index contributed by atoms with van der Waals surface area (Å²) in [7, 11) is 0. The lowest BCUT2D eigenvalue weighted by Crippen LogP contribution is -2.35. The van der Waals surface area contributed by atoms with Crippen LogP contribution in [0.5, 0.6) is 0 Å². The van der Waals surface area contributed by atoms with E-state index in [0.717, 1.165) is 21.5 Å². The Morgan fingerprint density at radius 3 is 2.50 bits per heavy atom. The van der Waals surface area contributed by atoms with Gasteiger partial charge in [0.1, 0.15) is 0 Å². The van der Waals surface area contributed by atoms with E-state index in [2.05, 4.69) is 15.9 Å². The molecule has 0 spiro atoms. The standard InChI is InChI=1S/C10H11BrF3NS/c11-9-4-3-8(16-9)5-15(7-1-2-7)6-10(12,13)14/h3-4,7H,1-2,5-6H2. The highest BCUT2D eigenvalue weighted by Crippen LogP contribution is 2.33. The summed E-state index contributed by atoms with van der Waals surface area (Å²) in [5.74, 6) is 0. The Kier molecular flexibility index (Phi) is 3.61. The second-order valence-electron chi connectivity index (χ2n) is 3.96. The fourth-order valence-corrected chi connectivity index (χ4v) is 3.13. The average molecular weight is 314 g/mol. The minimum Gasteiger partial charge on any atom is -0.287 e. The number of hydrogen-bond acceptors (Lipinski definition) is 2. The van der Waals surface area contributed by atoms with Gasteiger partial charge in [-0.3, -0.25) is 4.90 Å². The summed E-state index contributed by atoms with van der Waals surface area (Å²) in [5, 5.41) is 0. The third kappa shape index (κ3) is 3.75. The summed E-state index contributed by atoms with van der Waals surface area (Å²) in [5.41, 5.74) is 0. The lowest BCUT2D eigenvalue weighted by Gasteiger charge is -2.22. The van der Waals surface area contributed by atoms with Gasteiger partial charge in [-0.15, -0.1) is 11.3 Å². The van der Waals surface area contributed by atoms with Crippen LogP contribution in [0, 0.1) is 0 Å². The highest BCUT2D eigenvalue weighted by atomic mass is 79.9. The van der Waals surface area contributed by atoms with Crippen molar-refractivity contribution in [1.82, 2.24) is 4.90 Å². The van der Waals surface area contributed by atoms with Gasteiger partial charge < -0.3 is 0 Å². The Morgan fingerprint density at radius 1 is 1.38 bits per heavy atom. The van der Waals surface area contributed by atoms with Crippen molar-refractivity contribution in [2.24, 2.45) is 0 Å². The normalized spacial score (nSPS) is 17.1. The minimum absolute atomic E-state index is 0.127. The lowest BCUT2D eigenvalue weighted by molar-refractivity contribution is -0.148. The molecule has 0 radical (unpaired) electrons. The maximum atomic E-state index is 12.4. The van der Waals surface area contributed by atoms with E-state index in [4.69, 9.17) is 0 Å². The van der Waals surface area contributed by atoms with Crippen LogP contribution in [0.3, 0.4) is 0 Å². The summed E-state index contributed by atoms with van der Waals surface area (Å²) in [4.78, 5) is 2.50. The van der Waals surface area contributed by atoms with Crippen LogP contribution in [-0.2, 0) is 6.54 Å². The molecule has 0 amide bonds. The van der Waals surface area contributed by atoms with Crippen molar-refractivity contribution in [3.8, 4) is 0 Å². The number of alkyl halides is 3. The molecule has 16 heavy (non-hydrogen) atoms. The van der Waals surface area contributed by atoms with Crippen LogP contribution < -0.4 is 0 Å². The first kappa shape index (κ1) is 12.4. The zero-order chi connectivity index (χ0) is 11.8. The zero-order valence-corrected chi connectivity index (χ0v) is 10.8. The second-order valence-corrected chi connectivity index (χ2v) is 6.50. The van der Waals surface area contributed by atoms with Crippen molar-refractivity contribution < 1.29 is 13.2 Å². The SMILES string of the molecule is FC(F)(F)CN(Cc1ccc(Br)s1)C1CC1. The van der Waals surface area contributed by atoms with E-state index in [1.165, 1.54) is 16.2 Å². The Balaban J connectivity index is 1.97. The van der Waals surface area contributed by atoms with Crippen LogP contribution >= 0.6 is 27.3 Å². The summed E-state index contributed by atoms with van der Waals surface area (Å²) in [6.07, 6.45) is -2.32. The Morgan fingerprint density at radius 2 is 2.06 bits per heavy atom.